The van der Waals surface area contributed by atoms with Crippen molar-refractivity contribution in [1.29, 1.82) is 0 Å². The molecule has 2 aromatic heterocycles. The highest BCUT2D eigenvalue weighted by Gasteiger charge is 2.34. The Balaban J connectivity index is 1.81. The Labute approximate surface area is 205 Å². The number of methoxy groups -OCH3 is 1. The maximum atomic E-state index is 13.0. The molecule has 1 aliphatic heterocycles. The Kier molecular flexibility index (Phi) is 6.65. The first kappa shape index (κ1) is 25.4. The molecule has 4 rings (SSSR count). The molecule has 36 heavy (non-hydrogen) atoms. The van der Waals surface area contributed by atoms with E-state index in [1.54, 1.807) is 43.1 Å². The Morgan fingerprint density at radius 3 is 2.50 bits per heavy atom. The summed E-state index contributed by atoms with van der Waals surface area (Å²) in [7, 11) is 1.29. The van der Waals surface area contributed by atoms with Crippen LogP contribution in [0.3, 0.4) is 0 Å². The van der Waals surface area contributed by atoms with E-state index in [2.05, 4.69) is 15.1 Å². The third kappa shape index (κ3) is 5.27. The molecule has 0 aliphatic carbocycles. The molecule has 0 bridgehead atoms. The number of benzene rings is 1. The van der Waals surface area contributed by atoms with Gasteiger partial charge in [-0.15, -0.1) is 0 Å². The number of anilines is 1. The van der Waals surface area contributed by atoms with Gasteiger partial charge in [0.2, 0.25) is 0 Å². The van der Waals surface area contributed by atoms with Gasteiger partial charge in [-0.2, -0.15) is 18.3 Å². The van der Waals surface area contributed by atoms with Crippen LogP contribution in [0.25, 0.3) is 11.1 Å². The van der Waals surface area contributed by atoms with Gasteiger partial charge in [-0.1, -0.05) is 0 Å². The number of alkyl halides is 3. The third-order valence-corrected chi connectivity index (χ3v) is 5.76. The molecule has 1 aromatic carbocycles. The second-order valence-corrected chi connectivity index (χ2v) is 9.26. The Bertz CT molecular complexity index is 1250. The van der Waals surface area contributed by atoms with Crippen molar-refractivity contribution in [2.24, 2.45) is 0 Å². The summed E-state index contributed by atoms with van der Waals surface area (Å²) in [6.07, 6.45) is 0.650. The lowest BCUT2D eigenvalue weighted by molar-refractivity contribution is -0.138. The SMILES string of the molecule is COC(=O)N1c2ccc(-c3cnn(CC(C)(C)O)c3)c(Oc3ncc(C(F)(F)F)cn3)c2CC[C@@H]1C. The number of halogens is 3. The van der Waals surface area contributed by atoms with Gasteiger partial charge in [0.15, 0.2) is 0 Å². The molecule has 3 aromatic rings. The monoisotopic (exact) mass is 505 g/mol. The molecule has 1 aliphatic rings. The molecule has 0 fully saturated rings. The van der Waals surface area contributed by atoms with Crippen LogP contribution in [-0.4, -0.2) is 49.7 Å². The highest BCUT2D eigenvalue weighted by atomic mass is 19.4. The number of aliphatic hydroxyl groups is 1. The highest BCUT2D eigenvalue weighted by molar-refractivity contribution is 5.92. The largest absolute Gasteiger partial charge is 0.452 e. The number of ether oxygens (including phenoxy) is 2. The molecule has 1 amide bonds. The van der Waals surface area contributed by atoms with Crippen LogP contribution in [0.4, 0.5) is 23.7 Å². The van der Waals surface area contributed by atoms with Crippen molar-refractivity contribution in [2.45, 2.75) is 58.0 Å². The van der Waals surface area contributed by atoms with E-state index < -0.39 is 23.4 Å². The Morgan fingerprint density at radius 1 is 1.19 bits per heavy atom. The number of hydrogen-bond acceptors (Lipinski definition) is 7. The molecule has 192 valence electrons. The summed E-state index contributed by atoms with van der Waals surface area (Å²) in [5.41, 5.74) is 0.461. The van der Waals surface area contributed by atoms with Crippen LogP contribution in [0.1, 0.15) is 38.3 Å². The zero-order valence-electron chi connectivity index (χ0n) is 20.2. The van der Waals surface area contributed by atoms with Gasteiger partial charge >= 0.3 is 18.3 Å². The van der Waals surface area contributed by atoms with E-state index in [4.69, 9.17) is 9.47 Å². The van der Waals surface area contributed by atoms with Crippen molar-refractivity contribution in [3.05, 3.63) is 48.0 Å². The molecular formula is C24H26F3N5O4. The molecule has 1 N–H and O–H groups in total. The zero-order chi connectivity index (χ0) is 26.3. The first-order chi connectivity index (χ1) is 16.9. The maximum absolute atomic E-state index is 13.0. The van der Waals surface area contributed by atoms with Gasteiger partial charge in [0, 0.05) is 41.3 Å². The van der Waals surface area contributed by atoms with E-state index in [1.807, 2.05) is 6.92 Å². The molecule has 0 unspecified atom stereocenters. The molecule has 3 heterocycles. The minimum absolute atomic E-state index is 0.138. The van der Waals surface area contributed by atoms with Crippen LogP contribution in [0.15, 0.2) is 36.9 Å². The fraction of sp³-hybridized carbons (Fsp3) is 0.417. The molecule has 0 radical (unpaired) electrons. The standard InChI is InChI=1S/C24H26F3N5O4/c1-14-5-6-18-19(32(14)22(33)35-4)8-7-17(15-9-30-31(12-15)13-23(2,3)34)20(18)36-21-28-10-16(11-29-21)24(25,26)27/h7-12,14,34H,5-6,13H2,1-4H3/t14-/m0/s1. The van der Waals surface area contributed by atoms with Crippen LogP contribution < -0.4 is 9.64 Å². The quantitative estimate of drug-likeness (QED) is 0.530. The predicted molar refractivity (Wildman–Crippen MR) is 124 cm³/mol. The van der Waals surface area contributed by atoms with E-state index in [9.17, 15) is 23.1 Å². The van der Waals surface area contributed by atoms with Crippen molar-refractivity contribution in [1.82, 2.24) is 19.7 Å². The van der Waals surface area contributed by atoms with Crippen LogP contribution in [0.2, 0.25) is 0 Å². The number of rotatable bonds is 5. The molecule has 12 heteroatoms. The average molecular weight is 505 g/mol. The van der Waals surface area contributed by atoms with Gasteiger partial charge in [-0.3, -0.25) is 9.58 Å². The van der Waals surface area contributed by atoms with Gasteiger partial charge in [-0.25, -0.2) is 14.8 Å². The van der Waals surface area contributed by atoms with Gasteiger partial charge in [0.25, 0.3) is 0 Å². The number of fused-ring (bicyclic) bond motifs is 1. The van der Waals surface area contributed by atoms with E-state index in [1.165, 1.54) is 12.0 Å². The smallest absolute Gasteiger partial charge is 0.419 e. The van der Waals surface area contributed by atoms with Crippen LogP contribution in [-0.2, 0) is 23.9 Å². The molecule has 0 saturated heterocycles. The Hall–Kier alpha value is -3.67. The van der Waals surface area contributed by atoms with Crippen molar-refractivity contribution < 1.29 is 32.5 Å². The number of nitrogens with zero attached hydrogens (tertiary/aromatic N) is 5. The highest BCUT2D eigenvalue weighted by Crippen LogP contribution is 2.44. The maximum Gasteiger partial charge on any atom is 0.419 e. The van der Waals surface area contributed by atoms with Gasteiger partial charge in [0.05, 0.1) is 36.7 Å². The minimum Gasteiger partial charge on any atom is -0.452 e. The van der Waals surface area contributed by atoms with Crippen molar-refractivity contribution >= 4 is 11.8 Å². The fourth-order valence-corrected chi connectivity index (χ4v) is 4.12. The topological polar surface area (TPSA) is 103 Å². The second kappa shape index (κ2) is 9.41. The summed E-state index contributed by atoms with van der Waals surface area (Å²) in [5.74, 6) is 0.302. The van der Waals surface area contributed by atoms with Gasteiger partial charge < -0.3 is 14.6 Å². The molecular weight excluding hydrogens is 479 g/mol. The first-order valence-electron chi connectivity index (χ1n) is 11.2. The molecule has 1 atom stereocenters. The summed E-state index contributed by atoms with van der Waals surface area (Å²) in [5, 5.41) is 14.4. The molecule has 0 saturated carbocycles. The van der Waals surface area contributed by atoms with E-state index in [0.29, 0.717) is 53.4 Å². The molecule has 0 spiro atoms. The lowest BCUT2D eigenvalue weighted by Gasteiger charge is -2.35. The first-order valence-corrected chi connectivity index (χ1v) is 11.2. The number of aromatic nitrogens is 4. The van der Waals surface area contributed by atoms with Crippen LogP contribution >= 0.6 is 0 Å². The van der Waals surface area contributed by atoms with Gasteiger partial charge in [0.1, 0.15) is 5.75 Å². The minimum atomic E-state index is -4.58. The Morgan fingerprint density at radius 2 is 1.89 bits per heavy atom. The summed E-state index contributed by atoms with van der Waals surface area (Å²) in [4.78, 5) is 21.5. The van der Waals surface area contributed by atoms with Crippen LogP contribution in [0.5, 0.6) is 11.8 Å². The van der Waals surface area contributed by atoms with E-state index in [-0.39, 0.29) is 18.6 Å². The molecule has 9 nitrogen and oxygen atoms in total. The van der Waals surface area contributed by atoms with E-state index >= 15 is 0 Å². The predicted octanol–water partition coefficient (Wildman–Crippen LogP) is 4.83. The van der Waals surface area contributed by atoms with Crippen molar-refractivity contribution in [3.63, 3.8) is 0 Å². The normalized spacial score (nSPS) is 16.0. The summed E-state index contributed by atoms with van der Waals surface area (Å²) >= 11 is 0. The van der Waals surface area contributed by atoms with Crippen molar-refractivity contribution in [2.75, 3.05) is 12.0 Å². The number of amides is 1. The lowest BCUT2D eigenvalue weighted by Crippen LogP contribution is -2.42. The average Bonchev–Trinajstić information content (AvgIpc) is 3.24. The van der Waals surface area contributed by atoms with Crippen molar-refractivity contribution in [3.8, 4) is 22.9 Å². The fourth-order valence-electron chi connectivity index (χ4n) is 4.12. The lowest BCUT2D eigenvalue weighted by atomic mass is 9.92. The number of carbonyl (C=O) groups is 1. The van der Waals surface area contributed by atoms with Gasteiger partial charge in [-0.05, 0) is 45.7 Å². The van der Waals surface area contributed by atoms with Crippen LogP contribution in [0, 0.1) is 0 Å². The second-order valence-electron chi connectivity index (χ2n) is 9.26. The van der Waals surface area contributed by atoms with E-state index in [0.717, 1.165) is 0 Å². The third-order valence-electron chi connectivity index (χ3n) is 5.76. The zero-order valence-corrected chi connectivity index (χ0v) is 20.2. The summed E-state index contributed by atoms with van der Waals surface area (Å²) in [6.45, 7) is 5.45. The summed E-state index contributed by atoms with van der Waals surface area (Å²) < 4.78 is 51.4. The summed E-state index contributed by atoms with van der Waals surface area (Å²) in [6, 6.07) is 3.09. The number of carbonyl (C=O) groups excluding carboxylic acids is 1. The number of hydrogen-bond donors (Lipinski definition) is 1.